The van der Waals surface area contributed by atoms with Crippen molar-refractivity contribution in [2.75, 3.05) is 6.54 Å². The van der Waals surface area contributed by atoms with Crippen molar-refractivity contribution in [2.24, 2.45) is 5.92 Å². The molecule has 4 rings (SSSR count). The molecule has 0 bridgehead atoms. The monoisotopic (exact) mass is 394 g/mol. The predicted molar refractivity (Wildman–Crippen MR) is 116 cm³/mol. The Morgan fingerprint density at radius 1 is 1.07 bits per heavy atom. The maximum atomic E-state index is 12.4. The van der Waals surface area contributed by atoms with Gasteiger partial charge in [-0.25, -0.2) is 0 Å². The molecule has 3 aromatic rings. The largest absolute Gasteiger partial charge is 0.361 e. The Labute approximate surface area is 171 Å². The van der Waals surface area contributed by atoms with E-state index in [1.165, 1.54) is 43.2 Å². The number of fused-ring (bicyclic) bond motifs is 1. The molecule has 3 nitrogen and oxygen atoms in total. The number of rotatable bonds is 7. The van der Waals surface area contributed by atoms with E-state index in [0.29, 0.717) is 6.54 Å². The average Bonchev–Trinajstić information content (AvgIpc) is 3.37. The van der Waals surface area contributed by atoms with E-state index in [2.05, 4.69) is 22.4 Å². The van der Waals surface area contributed by atoms with Crippen LogP contribution in [0.2, 0.25) is 5.02 Å². The Morgan fingerprint density at radius 2 is 1.86 bits per heavy atom. The molecule has 1 aliphatic rings. The first-order valence-electron chi connectivity index (χ1n) is 10.3. The van der Waals surface area contributed by atoms with E-state index >= 15 is 0 Å². The van der Waals surface area contributed by atoms with E-state index in [-0.39, 0.29) is 5.91 Å². The first kappa shape index (κ1) is 19.1. The average molecular weight is 395 g/mol. The van der Waals surface area contributed by atoms with Crippen molar-refractivity contribution in [1.29, 1.82) is 0 Å². The third-order valence-corrected chi connectivity index (χ3v) is 6.18. The minimum atomic E-state index is -0.0137. The maximum Gasteiger partial charge on any atom is 0.251 e. The fourth-order valence-electron chi connectivity index (χ4n) is 4.26. The molecule has 0 spiro atoms. The van der Waals surface area contributed by atoms with E-state index in [9.17, 15) is 4.79 Å². The summed E-state index contributed by atoms with van der Waals surface area (Å²) in [7, 11) is 0. The summed E-state index contributed by atoms with van der Waals surface area (Å²) in [5, 5.41) is 4.87. The number of carbonyl (C=O) groups is 1. The fourth-order valence-corrected chi connectivity index (χ4v) is 4.43. The van der Waals surface area contributed by atoms with Crippen LogP contribution in [-0.4, -0.2) is 17.4 Å². The zero-order chi connectivity index (χ0) is 19.3. The van der Waals surface area contributed by atoms with Gasteiger partial charge < -0.3 is 10.3 Å². The van der Waals surface area contributed by atoms with Gasteiger partial charge in [-0.15, -0.1) is 0 Å². The number of amides is 1. The van der Waals surface area contributed by atoms with Gasteiger partial charge in [0, 0.05) is 34.2 Å². The zero-order valence-corrected chi connectivity index (χ0v) is 16.9. The third-order valence-electron chi connectivity index (χ3n) is 5.94. The van der Waals surface area contributed by atoms with Crippen molar-refractivity contribution in [3.8, 4) is 0 Å². The van der Waals surface area contributed by atoms with Crippen molar-refractivity contribution in [3.05, 3.63) is 70.4 Å². The van der Waals surface area contributed by atoms with Gasteiger partial charge in [-0.3, -0.25) is 4.79 Å². The number of carbonyl (C=O) groups excluding carboxylic acids is 1. The van der Waals surface area contributed by atoms with Crippen LogP contribution in [0.25, 0.3) is 10.9 Å². The number of aromatic nitrogens is 1. The maximum absolute atomic E-state index is 12.4. The number of aromatic amines is 1. The van der Waals surface area contributed by atoms with Crippen LogP contribution in [0.3, 0.4) is 0 Å². The molecule has 1 heterocycles. The van der Waals surface area contributed by atoms with Crippen LogP contribution in [0.5, 0.6) is 0 Å². The highest BCUT2D eigenvalue weighted by molar-refractivity contribution is 6.31. The van der Waals surface area contributed by atoms with E-state index in [4.69, 9.17) is 11.6 Å². The molecule has 1 saturated carbocycles. The van der Waals surface area contributed by atoms with Gasteiger partial charge in [0.15, 0.2) is 0 Å². The molecule has 1 fully saturated rings. The second-order valence-corrected chi connectivity index (χ2v) is 8.33. The Morgan fingerprint density at radius 3 is 2.64 bits per heavy atom. The van der Waals surface area contributed by atoms with Gasteiger partial charge in [0.25, 0.3) is 5.91 Å². The Bertz CT molecular complexity index is 939. The van der Waals surface area contributed by atoms with Crippen LogP contribution in [0.4, 0.5) is 0 Å². The smallest absolute Gasteiger partial charge is 0.251 e. The summed E-state index contributed by atoms with van der Waals surface area (Å²) in [6.45, 7) is 0.599. The van der Waals surface area contributed by atoms with Gasteiger partial charge >= 0.3 is 0 Å². The van der Waals surface area contributed by atoms with E-state index in [1.807, 2.05) is 36.5 Å². The lowest BCUT2D eigenvalue weighted by atomic mass is 9.98. The molecule has 0 radical (unpaired) electrons. The molecule has 4 heteroatoms. The molecular formula is C24H27ClN2O. The first-order valence-corrected chi connectivity index (χ1v) is 10.7. The molecule has 0 aliphatic heterocycles. The number of hydrogen-bond donors (Lipinski definition) is 2. The molecule has 2 aromatic carbocycles. The Kier molecular flexibility index (Phi) is 6.01. The highest BCUT2D eigenvalue weighted by atomic mass is 35.5. The summed E-state index contributed by atoms with van der Waals surface area (Å²) in [4.78, 5) is 15.7. The predicted octanol–water partition coefficient (Wildman–Crippen LogP) is 5.92. The van der Waals surface area contributed by atoms with Crippen molar-refractivity contribution >= 4 is 28.4 Å². The van der Waals surface area contributed by atoms with Gasteiger partial charge in [-0.1, -0.05) is 49.4 Å². The fraction of sp³-hybridized carbons (Fsp3) is 0.375. The van der Waals surface area contributed by atoms with Gasteiger partial charge in [0.1, 0.15) is 0 Å². The molecule has 0 saturated heterocycles. The highest BCUT2D eigenvalue weighted by Crippen LogP contribution is 2.28. The first-order chi connectivity index (χ1) is 13.7. The normalized spacial score (nSPS) is 14.6. The van der Waals surface area contributed by atoms with Gasteiger partial charge in [-0.05, 0) is 66.6 Å². The molecular weight excluding hydrogens is 368 g/mol. The standard InChI is InChI=1S/C24H27ClN2O/c25-21-11-12-23-22(15-21)20(16-27-23)13-14-26-24(28)19-9-7-18(8-10-19)6-5-17-3-1-2-4-17/h7-12,15-17,27H,1-6,13-14H2,(H,26,28). The van der Waals surface area contributed by atoms with Gasteiger partial charge in [0.2, 0.25) is 0 Å². The third kappa shape index (κ3) is 4.59. The van der Waals surface area contributed by atoms with Crippen molar-refractivity contribution in [3.63, 3.8) is 0 Å². The highest BCUT2D eigenvalue weighted by Gasteiger charge is 2.14. The van der Waals surface area contributed by atoms with Crippen molar-refractivity contribution < 1.29 is 4.79 Å². The molecule has 1 aliphatic carbocycles. The SMILES string of the molecule is O=C(NCCc1c[nH]c2ccc(Cl)cc12)c1ccc(CCC2CCCC2)cc1. The summed E-state index contributed by atoms with van der Waals surface area (Å²) in [6.07, 6.45) is 10.7. The van der Waals surface area contributed by atoms with Crippen molar-refractivity contribution in [1.82, 2.24) is 10.3 Å². The number of hydrogen-bond acceptors (Lipinski definition) is 1. The minimum absolute atomic E-state index is 0.0137. The summed E-state index contributed by atoms with van der Waals surface area (Å²) in [5.41, 5.74) is 4.30. The number of nitrogens with one attached hydrogen (secondary N) is 2. The summed E-state index contributed by atoms with van der Waals surface area (Å²) >= 11 is 6.10. The van der Waals surface area contributed by atoms with Crippen LogP contribution >= 0.6 is 11.6 Å². The molecule has 28 heavy (non-hydrogen) atoms. The number of aryl methyl sites for hydroxylation is 1. The quantitative estimate of drug-likeness (QED) is 0.513. The van der Waals surface area contributed by atoms with Gasteiger partial charge in [-0.2, -0.15) is 0 Å². The lowest BCUT2D eigenvalue weighted by Gasteiger charge is -2.09. The van der Waals surface area contributed by atoms with Crippen LogP contribution in [-0.2, 0) is 12.8 Å². The van der Waals surface area contributed by atoms with Crippen LogP contribution in [0.1, 0.15) is 53.6 Å². The molecule has 0 unspecified atom stereocenters. The second kappa shape index (κ2) is 8.83. The minimum Gasteiger partial charge on any atom is -0.361 e. The number of halogens is 1. The summed E-state index contributed by atoms with van der Waals surface area (Å²) in [5.74, 6) is 0.891. The number of H-pyrrole nitrogens is 1. The molecule has 0 atom stereocenters. The molecule has 2 N–H and O–H groups in total. The lowest BCUT2D eigenvalue weighted by molar-refractivity contribution is 0.0954. The summed E-state index contributed by atoms with van der Waals surface area (Å²) in [6, 6.07) is 13.9. The molecule has 146 valence electrons. The molecule has 1 amide bonds. The van der Waals surface area contributed by atoms with Crippen LogP contribution in [0.15, 0.2) is 48.7 Å². The van der Waals surface area contributed by atoms with E-state index in [1.54, 1.807) is 0 Å². The Hall–Kier alpha value is -2.26. The second-order valence-electron chi connectivity index (χ2n) is 7.90. The topological polar surface area (TPSA) is 44.9 Å². The van der Waals surface area contributed by atoms with E-state index < -0.39 is 0 Å². The van der Waals surface area contributed by atoms with Gasteiger partial charge in [0.05, 0.1) is 0 Å². The Balaban J connectivity index is 1.27. The summed E-state index contributed by atoms with van der Waals surface area (Å²) < 4.78 is 0. The lowest BCUT2D eigenvalue weighted by Crippen LogP contribution is -2.25. The van der Waals surface area contributed by atoms with Crippen LogP contribution < -0.4 is 5.32 Å². The zero-order valence-electron chi connectivity index (χ0n) is 16.1. The van der Waals surface area contributed by atoms with Crippen LogP contribution in [0, 0.1) is 5.92 Å². The van der Waals surface area contributed by atoms with Crippen molar-refractivity contribution in [2.45, 2.75) is 44.9 Å². The number of benzene rings is 2. The van der Waals surface area contributed by atoms with E-state index in [0.717, 1.165) is 40.2 Å². The molecule has 1 aromatic heterocycles.